The lowest BCUT2D eigenvalue weighted by atomic mass is 10.1. The molecule has 0 saturated heterocycles. The highest BCUT2D eigenvalue weighted by Gasteiger charge is 2.10. The van der Waals surface area contributed by atoms with Gasteiger partial charge >= 0.3 is 0 Å². The first-order chi connectivity index (χ1) is 8.10. The summed E-state index contributed by atoms with van der Waals surface area (Å²) in [5.74, 6) is 0.0811. The molecule has 0 fully saturated rings. The number of anilines is 1. The summed E-state index contributed by atoms with van der Waals surface area (Å²) in [6, 6.07) is 5.83. The van der Waals surface area contributed by atoms with Crippen LogP contribution in [0.25, 0.3) is 0 Å². The van der Waals surface area contributed by atoms with Crippen LogP contribution in [-0.4, -0.2) is 30.9 Å². The Morgan fingerprint density at radius 2 is 2.06 bits per heavy atom. The van der Waals surface area contributed by atoms with Gasteiger partial charge in [0, 0.05) is 31.4 Å². The third-order valence-corrected chi connectivity index (χ3v) is 2.86. The van der Waals surface area contributed by atoms with Crippen molar-refractivity contribution in [2.45, 2.75) is 27.2 Å². The number of rotatable bonds is 5. The topological polar surface area (TPSA) is 32.3 Å². The molecule has 1 aromatic rings. The third kappa shape index (κ3) is 3.48. The van der Waals surface area contributed by atoms with Crippen LogP contribution in [0.4, 0.5) is 5.69 Å². The monoisotopic (exact) mass is 234 g/mol. The quantitative estimate of drug-likeness (QED) is 0.849. The maximum Gasteiger partial charge on any atom is 0.253 e. The van der Waals surface area contributed by atoms with E-state index in [1.807, 2.05) is 39.1 Å². The molecule has 0 aromatic heterocycles. The van der Waals surface area contributed by atoms with Gasteiger partial charge in [0.05, 0.1) is 0 Å². The fraction of sp³-hybridized carbons (Fsp3) is 0.500. The van der Waals surface area contributed by atoms with Gasteiger partial charge in [-0.3, -0.25) is 4.79 Å². The van der Waals surface area contributed by atoms with Gasteiger partial charge < -0.3 is 10.2 Å². The van der Waals surface area contributed by atoms with Gasteiger partial charge in [-0.1, -0.05) is 6.92 Å². The van der Waals surface area contributed by atoms with Gasteiger partial charge in [0.25, 0.3) is 5.91 Å². The zero-order valence-corrected chi connectivity index (χ0v) is 11.2. The molecule has 1 N–H and O–H groups in total. The number of aryl methyl sites for hydroxylation is 1. The van der Waals surface area contributed by atoms with Gasteiger partial charge in [-0.05, 0) is 44.0 Å². The maximum absolute atomic E-state index is 12.0. The molecule has 1 amide bonds. The van der Waals surface area contributed by atoms with Crippen molar-refractivity contribution in [1.82, 2.24) is 4.90 Å². The number of nitrogens with one attached hydrogen (secondary N) is 1. The number of nitrogens with zero attached hydrogens (tertiary/aromatic N) is 1. The molecule has 0 atom stereocenters. The average Bonchev–Trinajstić information content (AvgIpc) is 2.35. The first-order valence-electron chi connectivity index (χ1n) is 6.20. The van der Waals surface area contributed by atoms with Gasteiger partial charge in [-0.25, -0.2) is 0 Å². The Balaban J connectivity index is 2.84. The number of carbonyl (C=O) groups excluding carboxylic acids is 1. The van der Waals surface area contributed by atoms with E-state index in [1.165, 1.54) is 0 Å². The van der Waals surface area contributed by atoms with Gasteiger partial charge in [0.2, 0.25) is 0 Å². The molecule has 1 rings (SSSR count). The van der Waals surface area contributed by atoms with Gasteiger partial charge in [0.1, 0.15) is 0 Å². The van der Waals surface area contributed by atoms with Gasteiger partial charge in [-0.2, -0.15) is 0 Å². The summed E-state index contributed by atoms with van der Waals surface area (Å²) in [6.45, 7) is 7.83. The largest absolute Gasteiger partial charge is 0.385 e. The second-order valence-corrected chi connectivity index (χ2v) is 4.28. The lowest BCUT2D eigenvalue weighted by molar-refractivity contribution is 0.0802. The fourth-order valence-electron chi connectivity index (χ4n) is 1.62. The van der Waals surface area contributed by atoms with Crippen LogP contribution in [0.1, 0.15) is 36.2 Å². The number of carbonyl (C=O) groups is 1. The Morgan fingerprint density at radius 3 is 2.59 bits per heavy atom. The van der Waals surface area contributed by atoms with Crippen molar-refractivity contribution in [3.63, 3.8) is 0 Å². The van der Waals surface area contributed by atoms with E-state index >= 15 is 0 Å². The van der Waals surface area contributed by atoms with Crippen LogP contribution in [0.2, 0.25) is 0 Å². The molecular formula is C14H22N2O. The zero-order valence-electron chi connectivity index (χ0n) is 11.2. The first kappa shape index (κ1) is 13.6. The van der Waals surface area contributed by atoms with Crippen molar-refractivity contribution in [2.24, 2.45) is 0 Å². The van der Waals surface area contributed by atoms with Crippen molar-refractivity contribution in [2.75, 3.05) is 25.5 Å². The predicted octanol–water partition coefficient (Wildman–Crippen LogP) is 2.91. The van der Waals surface area contributed by atoms with Gasteiger partial charge in [0.15, 0.2) is 0 Å². The highest BCUT2D eigenvalue weighted by atomic mass is 16.2. The van der Waals surface area contributed by atoms with Crippen LogP contribution < -0.4 is 5.32 Å². The minimum absolute atomic E-state index is 0.0811. The zero-order chi connectivity index (χ0) is 12.8. The molecule has 0 radical (unpaired) electrons. The van der Waals surface area contributed by atoms with E-state index in [1.54, 1.807) is 4.90 Å². The third-order valence-electron chi connectivity index (χ3n) is 2.86. The van der Waals surface area contributed by atoms with Crippen LogP contribution in [0.15, 0.2) is 18.2 Å². The van der Waals surface area contributed by atoms with Crippen molar-refractivity contribution < 1.29 is 4.79 Å². The Kier molecular flexibility index (Phi) is 5.01. The second kappa shape index (κ2) is 6.28. The molecule has 0 saturated carbocycles. The van der Waals surface area contributed by atoms with Crippen LogP contribution >= 0.6 is 0 Å². The molecule has 0 bridgehead atoms. The summed E-state index contributed by atoms with van der Waals surface area (Å²) in [4.78, 5) is 13.7. The molecular weight excluding hydrogens is 212 g/mol. The van der Waals surface area contributed by atoms with Crippen molar-refractivity contribution in [3.8, 4) is 0 Å². The lowest BCUT2D eigenvalue weighted by Crippen LogP contribution is -2.26. The van der Waals surface area contributed by atoms with Crippen molar-refractivity contribution >= 4 is 11.6 Å². The Hall–Kier alpha value is -1.51. The molecule has 0 unspecified atom stereocenters. The van der Waals surface area contributed by atoms with E-state index in [4.69, 9.17) is 0 Å². The molecule has 0 aliphatic carbocycles. The highest BCUT2D eigenvalue weighted by molar-refractivity contribution is 5.94. The molecule has 3 nitrogen and oxygen atoms in total. The van der Waals surface area contributed by atoms with E-state index in [0.29, 0.717) is 0 Å². The molecule has 0 aliphatic heterocycles. The molecule has 0 spiro atoms. The summed E-state index contributed by atoms with van der Waals surface area (Å²) in [5, 5.41) is 3.35. The Labute approximate surface area is 104 Å². The number of benzene rings is 1. The number of hydrogen-bond donors (Lipinski definition) is 1. The minimum Gasteiger partial charge on any atom is -0.385 e. The number of amides is 1. The fourth-order valence-corrected chi connectivity index (χ4v) is 1.62. The van der Waals surface area contributed by atoms with E-state index in [-0.39, 0.29) is 5.91 Å². The predicted molar refractivity (Wildman–Crippen MR) is 72.6 cm³/mol. The minimum atomic E-state index is 0.0811. The molecule has 94 valence electrons. The molecule has 0 aliphatic rings. The van der Waals surface area contributed by atoms with Crippen LogP contribution in [0.3, 0.4) is 0 Å². The van der Waals surface area contributed by atoms with Crippen LogP contribution in [0.5, 0.6) is 0 Å². The smallest absolute Gasteiger partial charge is 0.253 e. The van der Waals surface area contributed by atoms with E-state index in [9.17, 15) is 4.79 Å². The molecule has 1 aromatic carbocycles. The van der Waals surface area contributed by atoms with Crippen LogP contribution in [0, 0.1) is 6.92 Å². The maximum atomic E-state index is 12.0. The Morgan fingerprint density at radius 1 is 1.35 bits per heavy atom. The Bertz CT molecular complexity index is 388. The lowest BCUT2D eigenvalue weighted by Gasteiger charge is -2.16. The summed E-state index contributed by atoms with van der Waals surface area (Å²) in [7, 11) is 1.82. The van der Waals surface area contributed by atoms with Gasteiger partial charge in [-0.15, -0.1) is 0 Å². The summed E-state index contributed by atoms with van der Waals surface area (Å²) in [5.41, 5.74) is 2.99. The molecule has 17 heavy (non-hydrogen) atoms. The molecule has 0 heterocycles. The van der Waals surface area contributed by atoms with Crippen LogP contribution in [-0.2, 0) is 0 Å². The SMILES string of the molecule is CCCNc1ccc(C(=O)N(C)CC)cc1C. The van der Waals surface area contributed by atoms with E-state index in [2.05, 4.69) is 12.2 Å². The summed E-state index contributed by atoms with van der Waals surface area (Å²) >= 11 is 0. The number of hydrogen-bond acceptors (Lipinski definition) is 2. The normalized spacial score (nSPS) is 10.1. The summed E-state index contributed by atoms with van der Waals surface area (Å²) < 4.78 is 0. The standard InChI is InChI=1S/C14H22N2O/c1-5-9-15-13-8-7-12(10-11(13)3)14(17)16(4)6-2/h7-8,10,15H,5-6,9H2,1-4H3. The highest BCUT2D eigenvalue weighted by Crippen LogP contribution is 2.17. The molecule has 3 heteroatoms. The van der Waals surface area contributed by atoms with E-state index < -0.39 is 0 Å². The summed E-state index contributed by atoms with van der Waals surface area (Å²) in [6.07, 6.45) is 1.10. The van der Waals surface area contributed by atoms with Crippen molar-refractivity contribution in [3.05, 3.63) is 29.3 Å². The van der Waals surface area contributed by atoms with E-state index in [0.717, 1.165) is 36.3 Å². The van der Waals surface area contributed by atoms with Crippen molar-refractivity contribution in [1.29, 1.82) is 0 Å². The second-order valence-electron chi connectivity index (χ2n) is 4.28. The first-order valence-corrected chi connectivity index (χ1v) is 6.20. The average molecular weight is 234 g/mol.